The van der Waals surface area contributed by atoms with Crippen LogP contribution in [0.3, 0.4) is 0 Å². The zero-order valence-corrected chi connectivity index (χ0v) is 24.2. The molecular formula is C29H28N6O5S2. The smallest absolute Gasteiger partial charge is 0.257 e. The number of benzene rings is 3. The van der Waals surface area contributed by atoms with Gasteiger partial charge in [-0.1, -0.05) is 47.2 Å². The third-order valence-electron chi connectivity index (χ3n) is 6.63. The van der Waals surface area contributed by atoms with E-state index in [0.717, 1.165) is 22.6 Å². The number of aryl methyl sites for hydroxylation is 1. The summed E-state index contributed by atoms with van der Waals surface area (Å²) in [7, 11) is -3.63. The number of carbonyl (C=O) groups is 3. The van der Waals surface area contributed by atoms with Gasteiger partial charge in [-0.15, -0.1) is 10.2 Å². The minimum Gasteiger partial charge on any atom is -0.326 e. The summed E-state index contributed by atoms with van der Waals surface area (Å²) < 4.78 is 27.4. The van der Waals surface area contributed by atoms with Gasteiger partial charge in [-0.2, -0.15) is 0 Å². The number of nitrogens with one attached hydrogen (secondary N) is 3. The van der Waals surface area contributed by atoms with Gasteiger partial charge in [0, 0.05) is 42.9 Å². The topological polar surface area (TPSA) is 150 Å². The average molecular weight is 605 g/mol. The van der Waals surface area contributed by atoms with Gasteiger partial charge in [0.15, 0.2) is 0 Å². The summed E-state index contributed by atoms with van der Waals surface area (Å²) in [6.45, 7) is 2.31. The summed E-state index contributed by atoms with van der Waals surface area (Å²) in [4.78, 5) is 39.7. The number of hydrogen-bond acceptors (Lipinski definition) is 8. The van der Waals surface area contributed by atoms with E-state index in [2.05, 4.69) is 25.6 Å². The minimum atomic E-state index is -3.63. The summed E-state index contributed by atoms with van der Waals surface area (Å²) in [5.41, 5.74) is 2.59. The predicted octanol–water partition coefficient (Wildman–Crippen LogP) is 3.61. The number of aromatic nitrogens is 2. The van der Waals surface area contributed by atoms with Gasteiger partial charge in [0.25, 0.3) is 5.91 Å². The first-order valence-corrected chi connectivity index (χ1v) is 15.4. The molecule has 5 rings (SSSR count). The standard InChI is InChI=1S/C29H28N6O5S2/c1-19-7-13-24(14-8-19)42(39,40)30-16-15-25-33-34-29(41-25)32-27(37)20-9-11-22(12-10-20)31-28(38)21-17-26(36)35(18-21)23-5-3-2-4-6-23/h2-14,21,30H,15-18H2,1H3,(H,31,38)(H,32,34,37). The van der Waals surface area contributed by atoms with Gasteiger partial charge >= 0.3 is 0 Å². The molecule has 1 aliphatic rings. The molecule has 1 unspecified atom stereocenters. The van der Waals surface area contributed by atoms with Crippen LogP contribution >= 0.6 is 11.3 Å². The molecule has 0 radical (unpaired) electrons. The number of nitrogens with zero attached hydrogens (tertiary/aromatic N) is 3. The molecule has 11 nitrogen and oxygen atoms in total. The van der Waals surface area contributed by atoms with Crippen LogP contribution in [0.5, 0.6) is 0 Å². The van der Waals surface area contributed by atoms with Crippen LogP contribution in [-0.2, 0) is 26.0 Å². The molecule has 0 bridgehead atoms. The number of anilines is 3. The third-order valence-corrected chi connectivity index (χ3v) is 9.00. The first-order chi connectivity index (χ1) is 20.2. The van der Waals surface area contributed by atoms with Gasteiger partial charge < -0.3 is 10.2 Å². The highest BCUT2D eigenvalue weighted by Gasteiger charge is 2.35. The van der Waals surface area contributed by atoms with E-state index in [1.165, 1.54) is 0 Å². The molecule has 0 aliphatic carbocycles. The van der Waals surface area contributed by atoms with E-state index in [1.54, 1.807) is 53.4 Å². The molecule has 1 atom stereocenters. The number of carbonyl (C=O) groups excluding carboxylic acids is 3. The Labute approximate surface area is 247 Å². The Morgan fingerprint density at radius 2 is 1.67 bits per heavy atom. The van der Waals surface area contributed by atoms with Crippen LogP contribution in [0.2, 0.25) is 0 Å². The van der Waals surface area contributed by atoms with E-state index in [-0.39, 0.29) is 34.8 Å². The molecule has 3 aromatic carbocycles. The lowest BCUT2D eigenvalue weighted by atomic mass is 10.1. The van der Waals surface area contributed by atoms with Crippen molar-refractivity contribution in [2.45, 2.75) is 24.7 Å². The van der Waals surface area contributed by atoms with E-state index >= 15 is 0 Å². The Hall–Kier alpha value is -4.46. The van der Waals surface area contributed by atoms with Crippen LogP contribution in [-0.4, -0.2) is 49.4 Å². The molecule has 0 spiro atoms. The molecule has 1 saturated heterocycles. The lowest BCUT2D eigenvalue weighted by molar-refractivity contribution is -0.122. The number of hydrogen-bond donors (Lipinski definition) is 3. The highest BCUT2D eigenvalue weighted by atomic mass is 32.2. The van der Waals surface area contributed by atoms with Crippen molar-refractivity contribution in [3.8, 4) is 0 Å². The molecule has 13 heteroatoms. The van der Waals surface area contributed by atoms with Crippen LogP contribution in [0.1, 0.15) is 27.3 Å². The molecule has 42 heavy (non-hydrogen) atoms. The first-order valence-electron chi connectivity index (χ1n) is 13.1. The molecule has 3 amide bonds. The first kappa shape index (κ1) is 29.0. The van der Waals surface area contributed by atoms with Crippen molar-refractivity contribution in [3.05, 3.63) is 95.0 Å². The highest BCUT2D eigenvalue weighted by molar-refractivity contribution is 7.89. The Morgan fingerprint density at radius 1 is 0.952 bits per heavy atom. The predicted molar refractivity (Wildman–Crippen MR) is 160 cm³/mol. The van der Waals surface area contributed by atoms with Crippen molar-refractivity contribution in [2.75, 3.05) is 28.6 Å². The SMILES string of the molecule is Cc1ccc(S(=O)(=O)NCCc2nnc(NC(=O)c3ccc(NC(=O)C4CC(=O)N(c5ccccc5)C4)cc3)s2)cc1. The molecule has 4 aromatic rings. The summed E-state index contributed by atoms with van der Waals surface area (Å²) >= 11 is 1.15. The van der Waals surface area contributed by atoms with Crippen molar-refractivity contribution in [1.82, 2.24) is 14.9 Å². The van der Waals surface area contributed by atoms with E-state index in [0.29, 0.717) is 29.2 Å². The maximum absolute atomic E-state index is 12.8. The quantitative estimate of drug-likeness (QED) is 0.250. The van der Waals surface area contributed by atoms with Crippen LogP contribution < -0.4 is 20.3 Å². The molecule has 3 N–H and O–H groups in total. The van der Waals surface area contributed by atoms with Crippen molar-refractivity contribution >= 4 is 55.6 Å². The van der Waals surface area contributed by atoms with Gasteiger partial charge in [-0.3, -0.25) is 19.7 Å². The number of amides is 3. The zero-order chi connectivity index (χ0) is 29.7. The van der Waals surface area contributed by atoms with Gasteiger partial charge in [0.1, 0.15) is 5.01 Å². The fourth-order valence-electron chi connectivity index (χ4n) is 4.36. The lowest BCUT2D eigenvalue weighted by Crippen LogP contribution is -2.28. The number of sulfonamides is 1. The third kappa shape index (κ3) is 7.05. The molecule has 216 valence electrons. The van der Waals surface area contributed by atoms with Crippen LogP contribution in [0.15, 0.2) is 83.8 Å². The fraction of sp³-hybridized carbons (Fsp3) is 0.207. The zero-order valence-electron chi connectivity index (χ0n) is 22.6. The van der Waals surface area contributed by atoms with Crippen LogP contribution in [0.4, 0.5) is 16.5 Å². The monoisotopic (exact) mass is 604 g/mol. The summed E-state index contributed by atoms with van der Waals surface area (Å²) in [5.74, 6) is -1.25. The molecular weight excluding hydrogens is 576 g/mol. The van der Waals surface area contributed by atoms with Crippen molar-refractivity contribution < 1.29 is 22.8 Å². The summed E-state index contributed by atoms with van der Waals surface area (Å²) in [6.07, 6.45) is 0.437. The largest absolute Gasteiger partial charge is 0.326 e. The molecule has 0 saturated carbocycles. The molecule has 1 fully saturated rings. The Kier molecular flexibility index (Phi) is 8.71. The molecule has 1 aliphatic heterocycles. The summed E-state index contributed by atoms with van der Waals surface area (Å²) in [5, 5.41) is 14.3. The summed E-state index contributed by atoms with van der Waals surface area (Å²) in [6, 6.07) is 22.2. The Morgan fingerprint density at radius 3 is 2.38 bits per heavy atom. The fourth-order valence-corrected chi connectivity index (χ4v) is 6.12. The second kappa shape index (κ2) is 12.6. The second-order valence-electron chi connectivity index (χ2n) is 9.72. The molecule has 1 aromatic heterocycles. The normalized spacial score (nSPS) is 15.0. The Balaban J connectivity index is 1.10. The van der Waals surface area contributed by atoms with E-state index in [4.69, 9.17) is 0 Å². The van der Waals surface area contributed by atoms with Crippen LogP contribution in [0, 0.1) is 12.8 Å². The number of para-hydroxylation sites is 1. The lowest BCUT2D eigenvalue weighted by Gasteiger charge is -2.16. The van der Waals surface area contributed by atoms with E-state index in [9.17, 15) is 22.8 Å². The highest BCUT2D eigenvalue weighted by Crippen LogP contribution is 2.26. The van der Waals surface area contributed by atoms with E-state index in [1.807, 2.05) is 37.3 Å². The van der Waals surface area contributed by atoms with Gasteiger partial charge in [0.05, 0.1) is 10.8 Å². The van der Waals surface area contributed by atoms with Gasteiger partial charge in [0.2, 0.25) is 27.0 Å². The van der Waals surface area contributed by atoms with Crippen molar-refractivity contribution in [2.24, 2.45) is 5.92 Å². The minimum absolute atomic E-state index is 0.100. The van der Waals surface area contributed by atoms with Crippen LogP contribution in [0.25, 0.3) is 0 Å². The average Bonchev–Trinajstić information content (AvgIpc) is 3.60. The second-order valence-corrected chi connectivity index (χ2v) is 12.6. The van der Waals surface area contributed by atoms with Gasteiger partial charge in [-0.25, -0.2) is 13.1 Å². The maximum Gasteiger partial charge on any atom is 0.257 e. The van der Waals surface area contributed by atoms with Crippen molar-refractivity contribution in [1.29, 1.82) is 0 Å². The number of rotatable bonds is 10. The van der Waals surface area contributed by atoms with Crippen molar-refractivity contribution in [3.63, 3.8) is 0 Å². The van der Waals surface area contributed by atoms with Gasteiger partial charge in [-0.05, 0) is 55.5 Å². The Bertz CT molecular complexity index is 1690. The molecule has 2 heterocycles. The maximum atomic E-state index is 12.8. The van der Waals surface area contributed by atoms with E-state index < -0.39 is 21.8 Å².